The maximum absolute atomic E-state index is 11.4. The van der Waals surface area contributed by atoms with Crippen LogP contribution >= 0.6 is 0 Å². The Bertz CT molecular complexity index is 293. The number of aliphatic hydroxyl groups is 2. The first-order valence-corrected chi connectivity index (χ1v) is 9.62. The lowest BCUT2D eigenvalue weighted by Crippen LogP contribution is -2.49. The smallest absolute Gasteiger partial charge is 0.338 e. The molecule has 0 spiro atoms. The molecule has 0 saturated carbocycles. The highest BCUT2D eigenvalue weighted by atomic mass is 16.4. The third-order valence-electron chi connectivity index (χ3n) is 4.66. The average molecular weight is 331 g/mol. The van der Waals surface area contributed by atoms with Crippen molar-refractivity contribution in [2.75, 3.05) is 0 Å². The summed E-state index contributed by atoms with van der Waals surface area (Å²) in [6.07, 6.45) is 12.0. The minimum Gasteiger partial charge on any atom is -0.479 e. The monoisotopic (exact) mass is 330 g/mol. The number of carbonyl (C=O) groups is 1. The van der Waals surface area contributed by atoms with E-state index in [4.69, 9.17) is 0 Å². The highest BCUT2D eigenvalue weighted by Crippen LogP contribution is 2.24. The number of hydrogen-bond donors (Lipinski definition) is 3. The summed E-state index contributed by atoms with van der Waals surface area (Å²) in [7, 11) is 0. The zero-order chi connectivity index (χ0) is 17.6. The van der Waals surface area contributed by atoms with Gasteiger partial charge in [-0.25, -0.2) is 4.79 Å². The molecule has 0 aromatic heterocycles. The Morgan fingerprint density at radius 3 is 1.74 bits per heavy atom. The standard InChI is InChI=1S/C19H38O4/c1-3-5-7-9-11-13-15-17(20)19(23,18(21)22)16-14-12-10-8-6-4-2/h17,20,23H,3-16H2,1-2H3,(H,21,22). The van der Waals surface area contributed by atoms with E-state index < -0.39 is 17.7 Å². The molecular formula is C19H38O4. The van der Waals surface area contributed by atoms with Crippen molar-refractivity contribution in [3.8, 4) is 0 Å². The second-order valence-corrected chi connectivity index (χ2v) is 6.82. The van der Waals surface area contributed by atoms with Crippen molar-refractivity contribution in [3.05, 3.63) is 0 Å². The maximum atomic E-state index is 11.4. The molecule has 0 aromatic carbocycles. The Morgan fingerprint density at radius 1 is 0.826 bits per heavy atom. The Balaban J connectivity index is 4.05. The van der Waals surface area contributed by atoms with Gasteiger partial charge in [0.2, 0.25) is 0 Å². The number of carboxylic acids is 1. The van der Waals surface area contributed by atoms with Gasteiger partial charge in [-0.2, -0.15) is 0 Å². The number of unbranched alkanes of at least 4 members (excludes halogenated alkanes) is 10. The Hall–Kier alpha value is -0.610. The molecule has 0 aromatic rings. The van der Waals surface area contributed by atoms with Gasteiger partial charge < -0.3 is 15.3 Å². The van der Waals surface area contributed by atoms with Gasteiger partial charge in [0.1, 0.15) is 0 Å². The van der Waals surface area contributed by atoms with E-state index in [9.17, 15) is 20.1 Å². The van der Waals surface area contributed by atoms with Gasteiger partial charge in [0.25, 0.3) is 0 Å². The first-order valence-electron chi connectivity index (χ1n) is 9.62. The van der Waals surface area contributed by atoms with Gasteiger partial charge in [0.05, 0.1) is 6.10 Å². The number of hydrogen-bond acceptors (Lipinski definition) is 3. The largest absolute Gasteiger partial charge is 0.479 e. The lowest BCUT2D eigenvalue weighted by Gasteiger charge is -2.29. The Labute approximate surface area is 142 Å². The molecule has 0 aliphatic heterocycles. The molecule has 0 rings (SSSR count). The van der Waals surface area contributed by atoms with Crippen LogP contribution in [0.1, 0.15) is 104 Å². The Morgan fingerprint density at radius 2 is 1.26 bits per heavy atom. The van der Waals surface area contributed by atoms with Gasteiger partial charge in [-0.1, -0.05) is 84.5 Å². The normalized spacial score (nSPS) is 15.3. The second kappa shape index (κ2) is 13.8. The summed E-state index contributed by atoms with van der Waals surface area (Å²) in [6, 6.07) is 0. The maximum Gasteiger partial charge on any atom is 0.338 e. The van der Waals surface area contributed by atoms with E-state index in [0.29, 0.717) is 12.8 Å². The van der Waals surface area contributed by atoms with E-state index >= 15 is 0 Å². The number of aliphatic carboxylic acids is 1. The SMILES string of the molecule is CCCCCCCCC(O)C(O)(CCCCCCCC)C(=O)O. The predicted octanol–water partition coefficient (Wildman–Crippen LogP) is 4.66. The van der Waals surface area contributed by atoms with Crippen LogP contribution in [0.2, 0.25) is 0 Å². The molecule has 0 bridgehead atoms. The molecule has 0 radical (unpaired) electrons. The van der Waals surface area contributed by atoms with Crippen molar-refractivity contribution >= 4 is 5.97 Å². The van der Waals surface area contributed by atoms with Crippen LogP contribution in [-0.2, 0) is 4.79 Å². The van der Waals surface area contributed by atoms with Gasteiger partial charge in [0, 0.05) is 0 Å². The summed E-state index contributed by atoms with van der Waals surface area (Å²) in [4.78, 5) is 11.4. The average Bonchev–Trinajstić information content (AvgIpc) is 2.53. The topological polar surface area (TPSA) is 77.8 Å². The molecule has 2 unspecified atom stereocenters. The minimum absolute atomic E-state index is 0.144. The second-order valence-electron chi connectivity index (χ2n) is 6.82. The van der Waals surface area contributed by atoms with Crippen molar-refractivity contribution < 1.29 is 20.1 Å². The fourth-order valence-electron chi connectivity index (χ4n) is 2.95. The zero-order valence-corrected chi connectivity index (χ0v) is 15.2. The van der Waals surface area contributed by atoms with Crippen LogP contribution < -0.4 is 0 Å². The van der Waals surface area contributed by atoms with Crippen LogP contribution in [-0.4, -0.2) is 33.0 Å². The molecule has 0 aliphatic rings. The lowest BCUT2D eigenvalue weighted by atomic mass is 9.87. The van der Waals surface area contributed by atoms with Crippen molar-refractivity contribution in [1.29, 1.82) is 0 Å². The summed E-state index contributed by atoms with van der Waals surface area (Å²) >= 11 is 0. The molecule has 0 saturated heterocycles. The first-order chi connectivity index (χ1) is 11.0. The Kier molecular flexibility index (Phi) is 13.4. The molecule has 23 heavy (non-hydrogen) atoms. The van der Waals surface area contributed by atoms with E-state index in [0.717, 1.165) is 38.5 Å². The van der Waals surface area contributed by atoms with E-state index in [2.05, 4.69) is 13.8 Å². The van der Waals surface area contributed by atoms with Gasteiger partial charge in [-0.15, -0.1) is 0 Å². The van der Waals surface area contributed by atoms with E-state index in [1.54, 1.807) is 0 Å². The van der Waals surface area contributed by atoms with Gasteiger partial charge >= 0.3 is 5.97 Å². The summed E-state index contributed by atoms with van der Waals surface area (Å²) in [5, 5.41) is 29.8. The summed E-state index contributed by atoms with van der Waals surface area (Å²) in [5.41, 5.74) is -1.98. The predicted molar refractivity (Wildman–Crippen MR) is 94.6 cm³/mol. The third kappa shape index (κ3) is 9.98. The first kappa shape index (κ1) is 22.4. The molecular weight excluding hydrogens is 292 g/mol. The van der Waals surface area contributed by atoms with E-state index in [-0.39, 0.29) is 6.42 Å². The van der Waals surface area contributed by atoms with E-state index in [1.807, 2.05) is 0 Å². The van der Waals surface area contributed by atoms with Crippen molar-refractivity contribution in [3.63, 3.8) is 0 Å². The van der Waals surface area contributed by atoms with Crippen molar-refractivity contribution in [2.24, 2.45) is 0 Å². The van der Waals surface area contributed by atoms with Gasteiger partial charge in [-0.3, -0.25) is 0 Å². The van der Waals surface area contributed by atoms with Crippen LogP contribution in [0.15, 0.2) is 0 Å². The third-order valence-corrected chi connectivity index (χ3v) is 4.66. The van der Waals surface area contributed by atoms with Gasteiger partial charge in [0.15, 0.2) is 5.60 Å². The molecule has 2 atom stereocenters. The zero-order valence-electron chi connectivity index (χ0n) is 15.2. The molecule has 138 valence electrons. The lowest BCUT2D eigenvalue weighted by molar-refractivity contribution is -0.173. The van der Waals surface area contributed by atoms with Crippen LogP contribution in [0.4, 0.5) is 0 Å². The summed E-state index contributed by atoms with van der Waals surface area (Å²) < 4.78 is 0. The number of aliphatic hydroxyl groups excluding tert-OH is 1. The highest BCUT2D eigenvalue weighted by Gasteiger charge is 2.42. The molecule has 0 amide bonds. The van der Waals surface area contributed by atoms with Crippen molar-refractivity contribution in [1.82, 2.24) is 0 Å². The summed E-state index contributed by atoms with van der Waals surface area (Å²) in [6.45, 7) is 4.32. The molecule has 4 nitrogen and oxygen atoms in total. The molecule has 4 heteroatoms. The van der Waals surface area contributed by atoms with Gasteiger partial charge in [-0.05, 0) is 19.3 Å². The number of carboxylic acid groups (broad SMARTS) is 1. The van der Waals surface area contributed by atoms with Crippen LogP contribution in [0.5, 0.6) is 0 Å². The molecule has 3 N–H and O–H groups in total. The van der Waals surface area contributed by atoms with Crippen LogP contribution in [0, 0.1) is 0 Å². The fourth-order valence-corrected chi connectivity index (χ4v) is 2.95. The quantitative estimate of drug-likeness (QED) is 0.360. The van der Waals surface area contributed by atoms with Crippen LogP contribution in [0.3, 0.4) is 0 Å². The molecule has 0 heterocycles. The molecule has 0 aliphatic carbocycles. The minimum atomic E-state index is -1.98. The highest BCUT2D eigenvalue weighted by molar-refractivity contribution is 5.77. The van der Waals surface area contributed by atoms with Crippen LogP contribution in [0.25, 0.3) is 0 Å². The summed E-state index contributed by atoms with van der Waals surface area (Å²) in [5.74, 6) is -1.29. The fraction of sp³-hybridized carbons (Fsp3) is 0.947. The van der Waals surface area contributed by atoms with E-state index in [1.165, 1.54) is 32.1 Å². The number of rotatable bonds is 16. The molecule has 0 fully saturated rings. The van der Waals surface area contributed by atoms with Crippen molar-refractivity contribution in [2.45, 2.75) is 115 Å².